The summed E-state index contributed by atoms with van der Waals surface area (Å²) in [5.41, 5.74) is 0. The molecule has 0 aromatic rings. The number of aliphatic hydroxyl groups is 2. The molecule has 0 bridgehead atoms. The molecule has 75 heavy (non-hydrogen) atoms. The lowest BCUT2D eigenvalue weighted by molar-refractivity contribution is -0.301. The Hall–Kier alpha value is -4.10. The van der Waals surface area contributed by atoms with Crippen molar-refractivity contribution in [2.75, 3.05) is 13.2 Å². The van der Waals surface area contributed by atoms with E-state index in [0.717, 1.165) is 135 Å². The van der Waals surface area contributed by atoms with Crippen molar-refractivity contribution in [3.8, 4) is 0 Å². The lowest BCUT2D eigenvalue weighted by Gasteiger charge is -2.40. The highest BCUT2D eigenvalue weighted by molar-refractivity contribution is 5.74. The second-order valence-electron chi connectivity index (χ2n) is 19.9. The quantitative estimate of drug-likeness (QED) is 0.0228. The van der Waals surface area contributed by atoms with Gasteiger partial charge in [0.15, 0.2) is 24.6 Å². The third-order valence-corrected chi connectivity index (χ3v) is 13.0. The van der Waals surface area contributed by atoms with Gasteiger partial charge in [0.05, 0.1) is 6.61 Å². The monoisotopic (exact) mass is 1050 g/mol. The van der Waals surface area contributed by atoms with Crippen molar-refractivity contribution in [2.45, 2.75) is 276 Å². The molecule has 1 saturated heterocycles. The molecule has 6 unspecified atom stereocenters. The molecule has 1 fully saturated rings. The van der Waals surface area contributed by atoms with Crippen LogP contribution in [0.25, 0.3) is 0 Å². The second kappa shape index (κ2) is 50.7. The summed E-state index contributed by atoms with van der Waals surface area (Å²) in [6, 6.07) is 0. The lowest BCUT2D eigenvalue weighted by atomic mass is 9.98. The molecule has 6 atom stereocenters. The summed E-state index contributed by atoms with van der Waals surface area (Å²) in [6.45, 7) is 5.73. The fourth-order valence-corrected chi connectivity index (χ4v) is 8.49. The average molecular weight is 1050 g/mol. The number of allylic oxidation sites excluding steroid dienone is 14. The normalized spacial score (nSPS) is 18.8. The molecule has 12 heteroatoms. The Kier molecular flexibility index (Phi) is 46.6. The van der Waals surface area contributed by atoms with Gasteiger partial charge in [-0.3, -0.25) is 14.4 Å². The highest BCUT2D eigenvalue weighted by Crippen LogP contribution is 2.26. The maximum absolute atomic E-state index is 13.1. The maximum Gasteiger partial charge on any atom is 0.335 e. The van der Waals surface area contributed by atoms with Crippen molar-refractivity contribution in [2.24, 2.45) is 0 Å². The number of rotatable bonds is 49. The Bertz CT molecular complexity index is 1630. The molecule has 3 N–H and O–H groups in total. The van der Waals surface area contributed by atoms with Gasteiger partial charge in [-0.2, -0.15) is 0 Å². The Balaban J connectivity index is 2.69. The lowest BCUT2D eigenvalue weighted by Crippen LogP contribution is -2.61. The summed E-state index contributed by atoms with van der Waals surface area (Å²) in [5.74, 6) is -3.16. The number of unbranched alkanes of at least 4 members (excludes halogenated alkanes) is 21. The van der Waals surface area contributed by atoms with Crippen LogP contribution >= 0.6 is 0 Å². The SMILES string of the molecule is CC/C=C\C/C=C\C/C=C\C/C=C\CCCCCCC(=O)OCC(COC1OC(C(=O)O)C(O)C(O)C1OC(=O)CCCCCCCCC/C=C\C/C=C\C/C=C\CC)OC(=O)CCCCCCCCCCCCC. The van der Waals surface area contributed by atoms with Crippen molar-refractivity contribution < 1.29 is 58.2 Å². The number of aliphatic hydroxyl groups excluding tert-OH is 2. The molecule has 0 saturated carbocycles. The van der Waals surface area contributed by atoms with Gasteiger partial charge in [0.1, 0.15) is 18.8 Å². The van der Waals surface area contributed by atoms with Crippen LogP contribution in [0.15, 0.2) is 85.1 Å². The molecule has 12 nitrogen and oxygen atoms in total. The predicted molar refractivity (Wildman–Crippen MR) is 303 cm³/mol. The highest BCUT2D eigenvalue weighted by Gasteiger charge is 2.50. The zero-order chi connectivity index (χ0) is 54.7. The summed E-state index contributed by atoms with van der Waals surface area (Å²) < 4.78 is 28.4. The molecule has 1 rings (SSSR count). The smallest absolute Gasteiger partial charge is 0.335 e. The number of carboxylic acids is 1. The van der Waals surface area contributed by atoms with E-state index in [-0.39, 0.29) is 25.9 Å². The number of carboxylic acid groups (broad SMARTS) is 1. The molecule has 0 aromatic carbocycles. The maximum atomic E-state index is 13.1. The van der Waals surface area contributed by atoms with Gasteiger partial charge >= 0.3 is 23.9 Å². The van der Waals surface area contributed by atoms with Gasteiger partial charge < -0.3 is 39.0 Å². The molecule has 0 amide bonds. The van der Waals surface area contributed by atoms with E-state index in [1.165, 1.54) is 44.9 Å². The number of carbonyl (C=O) groups is 4. The molecule has 0 spiro atoms. The van der Waals surface area contributed by atoms with E-state index >= 15 is 0 Å². The average Bonchev–Trinajstić information content (AvgIpc) is 3.39. The molecule has 0 aliphatic carbocycles. The third-order valence-electron chi connectivity index (χ3n) is 13.0. The van der Waals surface area contributed by atoms with Crippen LogP contribution in [-0.4, -0.2) is 89.2 Å². The molecule has 428 valence electrons. The van der Waals surface area contributed by atoms with Crippen LogP contribution in [-0.2, 0) is 42.9 Å². The van der Waals surface area contributed by atoms with Crippen LogP contribution in [0.5, 0.6) is 0 Å². The van der Waals surface area contributed by atoms with Gasteiger partial charge in [-0.05, 0) is 89.9 Å². The van der Waals surface area contributed by atoms with Crippen LogP contribution in [0.4, 0.5) is 0 Å². The standard InChI is InChI=1S/C63H104O12/c1-4-7-10-13-16-19-22-24-26-28-30-32-35-37-40-43-46-49-55(64)71-52-54(73-56(65)50-47-44-41-38-34-21-18-15-12-9-6-3)53-72-63-61(59(68)58(67)60(75-63)62(69)70)74-57(66)51-48-45-42-39-36-33-31-29-27-25-23-20-17-14-11-8-5-2/h7-8,10-11,16-17,19-20,24-27,30,32,54,58-61,63,67-68H,4-6,9,12-15,18,21-23,28-29,31,33-53H2,1-3H3,(H,69,70)/b10-7-,11-8-,19-16-,20-17-,26-24-,27-25-,32-30-. The van der Waals surface area contributed by atoms with Gasteiger partial charge in [-0.1, -0.05) is 215 Å². The van der Waals surface area contributed by atoms with E-state index in [1.807, 2.05) is 0 Å². The molecule has 1 aliphatic heterocycles. The minimum atomic E-state index is -1.91. The van der Waals surface area contributed by atoms with Crippen molar-refractivity contribution in [1.29, 1.82) is 0 Å². The number of ether oxygens (including phenoxy) is 5. The third kappa shape index (κ3) is 40.8. The minimum absolute atomic E-state index is 0.0447. The fraction of sp³-hybridized carbons (Fsp3) is 0.714. The number of hydrogen-bond donors (Lipinski definition) is 3. The van der Waals surface area contributed by atoms with E-state index in [1.54, 1.807) is 0 Å². The minimum Gasteiger partial charge on any atom is -0.479 e. The van der Waals surface area contributed by atoms with Crippen LogP contribution in [0.1, 0.15) is 239 Å². The second-order valence-corrected chi connectivity index (χ2v) is 19.9. The van der Waals surface area contributed by atoms with Gasteiger partial charge in [-0.15, -0.1) is 0 Å². The van der Waals surface area contributed by atoms with E-state index < -0.39 is 67.3 Å². The van der Waals surface area contributed by atoms with Crippen LogP contribution in [0, 0.1) is 0 Å². The summed E-state index contributed by atoms with van der Waals surface area (Å²) in [5, 5.41) is 31.5. The highest BCUT2D eigenvalue weighted by atomic mass is 16.7. The number of hydrogen-bond acceptors (Lipinski definition) is 11. The molecule has 0 radical (unpaired) electrons. The van der Waals surface area contributed by atoms with Crippen LogP contribution in [0.3, 0.4) is 0 Å². The summed E-state index contributed by atoms with van der Waals surface area (Å²) in [6.07, 6.45) is 52.6. The summed E-state index contributed by atoms with van der Waals surface area (Å²) in [7, 11) is 0. The zero-order valence-corrected chi connectivity index (χ0v) is 47.0. The van der Waals surface area contributed by atoms with Crippen molar-refractivity contribution >= 4 is 23.9 Å². The number of carbonyl (C=O) groups excluding carboxylic acids is 3. The van der Waals surface area contributed by atoms with Crippen molar-refractivity contribution in [1.82, 2.24) is 0 Å². The zero-order valence-electron chi connectivity index (χ0n) is 47.0. The molecule has 1 aliphatic rings. The van der Waals surface area contributed by atoms with E-state index in [2.05, 4.69) is 106 Å². The Morgan fingerprint density at radius 2 is 0.840 bits per heavy atom. The molecule has 1 heterocycles. The van der Waals surface area contributed by atoms with Gasteiger partial charge in [-0.25, -0.2) is 4.79 Å². The molecule has 0 aromatic heterocycles. The van der Waals surface area contributed by atoms with Gasteiger partial charge in [0.2, 0.25) is 0 Å². The van der Waals surface area contributed by atoms with E-state index in [0.29, 0.717) is 19.3 Å². The largest absolute Gasteiger partial charge is 0.479 e. The fourth-order valence-electron chi connectivity index (χ4n) is 8.49. The first-order valence-corrected chi connectivity index (χ1v) is 29.6. The van der Waals surface area contributed by atoms with Gasteiger partial charge in [0, 0.05) is 19.3 Å². The Morgan fingerprint density at radius 3 is 1.28 bits per heavy atom. The van der Waals surface area contributed by atoms with Gasteiger partial charge in [0.25, 0.3) is 0 Å². The van der Waals surface area contributed by atoms with Crippen molar-refractivity contribution in [3.63, 3.8) is 0 Å². The Morgan fingerprint density at radius 1 is 0.453 bits per heavy atom. The van der Waals surface area contributed by atoms with Crippen molar-refractivity contribution in [3.05, 3.63) is 85.1 Å². The Labute approximate surface area is 454 Å². The first kappa shape index (κ1) is 68.9. The first-order valence-electron chi connectivity index (χ1n) is 29.6. The first-order chi connectivity index (χ1) is 36.6. The number of aliphatic carboxylic acids is 1. The predicted octanol–water partition coefficient (Wildman–Crippen LogP) is 15.1. The molecular formula is C63H104O12. The number of esters is 3. The topological polar surface area (TPSA) is 175 Å². The van der Waals surface area contributed by atoms with Crippen LogP contribution < -0.4 is 0 Å². The van der Waals surface area contributed by atoms with E-state index in [4.69, 9.17) is 23.7 Å². The van der Waals surface area contributed by atoms with Crippen LogP contribution in [0.2, 0.25) is 0 Å². The van der Waals surface area contributed by atoms with E-state index in [9.17, 15) is 34.5 Å². The summed E-state index contributed by atoms with van der Waals surface area (Å²) in [4.78, 5) is 51.1. The summed E-state index contributed by atoms with van der Waals surface area (Å²) >= 11 is 0. The molecular weight excluding hydrogens is 949 g/mol.